The van der Waals surface area contributed by atoms with E-state index in [2.05, 4.69) is 4.74 Å². The van der Waals surface area contributed by atoms with E-state index in [1.165, 1.54) is 19.2 Å². The highest BCUT2D eigenvalue weighted by Crippen LogP contribution is 2.12. The van der Waals surface area contributed by atoms with Gasteiger partial charge in [0.1, 0.15) is 0 Å². The van der Waals surface area contributed by atoms with Crippen LogP contribution in [0.3, 0.4) is 0 Å². The average molecular weight is 194 g/mol. The van der Waals surface area contributed by atoms with Crippen LogP contribution >= 0.6 is 0 Å². The zero-order valence-corrected chi connectivity index (χ0v) is 7.90. The van der Waals surface area contributed by atoms with E-state index >= 15 is 0 Å². The molecular weight excluding hydrogens is 184 g/mol. The molecule has 0 bridgehead atoms. The highest BCUT2D eigenvalue weighted by Gasteiger charge is 2.16. The molecule has 1 aromatic rings. The number of carboxylic acids is 1. The summed E-state index contributed by atoms with van der Waals surface area (Å²) in [5, 5.41) is 8.83. The van der Waals surface area contributed by atoms with Crippen molar-refractivity contribution in [3.63, 3.8) is 0 Å². The largest absolute Gasteiger partial charge is 0.478 e. The van der Waals surface area contributed by atoms with Gasteiger partial charge in [0, 0.05) is 0 Å². The predicted molar refractivity (Wildman–Crippen MR) is 49.5 cm³/mol. The zero-order chi connectivity index (χ0) is 10.7. The summed E-state index contributed by atoms with van der Waals surface area (Å²) >= 11 is 0. The lowest BCUT2D eigenvalue weighted by atomic mass is 10.0. The molecule has 4 heteroatoms. The van der Waals surface area contributed by atoms with Gasteiger partial charge in [0.2, 0.25) is 0 Å². The van der Waals surface area contributed by atoms with E-state index in [1.807, 2.05) is 0 Å². The topological polar surface area (TPSA) is 63.6 Å². The number of ether oxygens (including phenoxy) is 1. The first-order valence-electron chi connectivity index (χ1n) is 3.98. The van der Waals surface area contributed by atoms with Gasteiger partial charge in [-0.2, -0.15) is 0 Å². The van der Waals surface area contributed by atoms with Crippen LogP contribution in [0.4, 0.5) is 0 Å². The highest BCUT2D eigenvalue weighted by atomic mass is 16.5. The van der Waals surface area contributed by atoms with Crippen LogP contribution in [0.15, 0.2) is 18.2 Å². The Morgan fingerprint density at radius 1 is 1.29 bits per heavy atom. The quantitative estimate of drug-likeness (QED) is 0.724. The fourth-order valence-corrected chi connectivity index (χ4v) is 1.12. The van der Waals surface area contributed by atoms with Crippen LogP contribution in [0.5, 0.6) is 0 Å². The molecule has 0 aliphatic carbocycles. The lowest BCUT2D eigenvalue weighted by Gasteiger charge is -2.04. The molecule has 1 N–H and O–H groups in total. The molecule has 0 aliphatic heterocycles. The molecule has 4 nitrogen and oxygen atoms in total. The first kappa shape index (κ1) is 10.2. The van der Waals surface area contributed by atoms with Crippen LogP contribution in [0.25, 0.3) is 0 Å². The Bertz CT molecular complexity index is 382. The molecule has 0 unspecified atom stereocenters. The van der Waals surface area contributed by atoms with E-state index < -0.39 is 11.9 Å². The van der Waals surface area contributed by atoms with Gasteiger partial charge in [0.25, 0.3) is 0 Å². The summed E-state index contributed by atoms with van der Waals surface area (Å²) in [6.07, 6.45) is 0. The van der Waals surface area contributed by atoms with E-state index in [0.717, 1.165) is 5.56 Å². The SMILES string of the molecule is COC(=O)c1ccc(C)cc1C(=O)O. The molecule has 0 saturated carbocycles. The van der Waals surface area contributed by atoms with Gasteiger partial charge in [-0.15, -0.1) is 0 Å². The molecule has 0 saturated heterocycles. The van der Waals surface area contributed by atoms with Gasteiger partial charge in [0.05, 0.1) is 18.2 Å². The summed E-state index contributed by atoms with van der Waals surface area (Å²) in [5.74, 6) is -1.77. The number of hydrogen-bond acceptors (Lipinski definition) is 3. The summed E-state index contributed by atoms with van der Waals surface area (Å²) in [4.78, 5) is 22.0. The molecule has 0 radical (unpaired) electrons. The van der Waals surface area contributed by atoms with Crippen molar-refractivity contribution in [2.75, 3.05) is 7.11 Å². The Labute approximate surface area is 81.1 Å². The van der Waals surface area contributed by atoms with E-state index in [-0.39, 0.29) is 11.1 Å². The normalized spacial score (nSPS) is 9.57. The molecule has 1 aromatic carbocycles. The number of hydrogen-bond donors (Lipinski definition) is 1. The van der Waals surface area contributed by atoms with Crippen molar-refractivity contribution < 1.29 is 19.4 Å². The standard InChI is InChI=1S/C10H10O4/c1-6-3-4-7(10(13)14-2)8(5-6)9(11)12/h3-5H,1-2H3,(H,11,12). The number of benzene rings is 1. The fraction of sp³-hybridized carbons (Fsp3) is 0.200. The number of aromatic carboxylic acids is 1. The van der Waals surface area contributed by atoms with Gasteiger partial charge in [-0.1, -0.05) is 11.6 Å². The van der Waals surface area contributed by atoms with Crippen LogP contribution in [0.1, 0.15) is 26.3 Å². The molecule has 0 atom stereocenters. The third kappa shape index (κ3) is 1.90. The maximum atomic E-state index is 11.2. The van der Waals surface area contributed by atoms with Gasteiger partial charge < -0.3 is 9.84 Å². The van der Waals surface area contributed by atoms with Crippen molar-refractivity contribution in [3.8, 4) is 0 Å². The van der Waals surface area contributed by atoms with Gasteiger partial charge >= 0.3 is 11.9 Å². The molecule has 14 heavy (non-hydrogen) atoms. The molecule has 0 aliphatic rings. The maximum Gasteiger partial charge on any atom is 0.338 e. The molecule has 0 heterocycles. The van der Waals surface area contributed by atoms with Crippen molar-refractivity contribution in [2.24, 2.45) is 0 Å². The monoisotopic (exact) mass is 194 g/mol. The smallest absolute Gasteiger partial charge is 0.338 e. The Balaban J connectivity index is 3.28. The van der Waals surface area contributed by atoms with Crippen molar-refractivity contribution >= 4 is 11.9 Å². The second kappa shape index (κ2) is 3.91. The Morgan fingerprint density at radius 3 is 2.43 bits per heavy atom. The first-order chi connectivity index (χ1) is 6.56. The van der Waals surface area contributed by atoms with Gasteiger partial charge in [-0.3, -0.25) is 0 Å². The number of aryl methyl sites for hydroxylation is 1. The van der Waals surface area contributed by atoms with Crippen molar-refractivity contribution in [1.29, 1.82) is 0 Å². The fourth-order valence-electron chi connectivity index (χ4n) is 1.12. The third-order valence-corrected chi connectivity index (χ3v) is 1.81. The molecule has 0 fully saturated rings. The maximum absolute atomic E-state index is 11.2. The Kier molecular flexibility index (Phi) is 2.86. The number of esters is 1. The minimum Gasteiger partial charge on any atom is -0.478 e. The summed E-state index contributed by atoms with van der Waals surface area (Å²) in [5.41, 5.74) is 0.831. The van der Waals surface area contributed by atoms with Gasteiger partial charge in [0.15, 0.2) is 0 Å². The third-order valence-electron chi connectivity index (χ3n) is 1.81. The lowest BCUT2D eigenvalue weighted by Crippen LogP contribution is -2.10. The van der Waals surface area contributed by atoms with E-state index in [0.29, 0.717) is 0 Å². The summed E-state index contributed by atoms with van der Waals surface area (Å²) < 4.78 is 4.46. The minimum atomic E-state index is -1.13. The predicted octanol–water partition coefficient (Wildman–Crippen LogP) is 1.48. The van der Waals surface area contributed by atoms with Crippen LogP contribution in [-0.2, 0) is 4.74 Å². The second-order valence-corrected chi connectivity index (χ2v) is 2.85. The summed E-state index contributed by atoms with van der Waals surface area (Å²) in [6, 6.07) is 4.55. The van der Waals surface area contributed by atoms with E-state index in [1.54, 1.807) is 13.0 Å². The molecule has 0 amide bonds. The Hall–Kier alpha value is -1.84. The van der Waals surface area contributed by atoms with Crippen molar-refractivity contribution in [1.82, 2.24) is 0 Å². The average Bonchev–Trinajstić information content (AvgIpc) is 2.16. The van der Waals surface area contributed by atoms with Crippen LogP contribution in [-0.4, -0.2) is 24.2 Å². The molecule has 74 valence electrons. The zero-order valence-electron chi connectivity index (χ0n) is 7.90. The van der Waals surface area contributed by atoms with Gasteiger partial charge in [-0.25, -0.2) is 9.59 Å². The number of methoxy groups -OCH3 is 1. The molecule has 1 rings (SSSR count). The van der Waals surface area contributed by atoms with Gasteiger partial charge in [-0.05, 0) is 19.1 Å². The van der Waals surface area contributed by atoms with E-state index in [9.17, 15) is 9.59 Å². The van der Waals surface area contributed by atoms with Crippen LogP contribution < -0.4 is 0 Å². The molecule has 0 aromatic heterocycles. The Morgan fingerprint density at radius 2 is 1.93 bits per heavy atom. The number of rotatable bonds is 2. The summed E-state index contributed by atoms with van der Waals surface area (Å²) in [6.45, 7) is 1.76. The molecule has 0 spiro atoms. The van der Waals surface area contributed by atoms with Crippen molar-refractivity contribution in [3.05, 3.63) is 34.9 Å². The number of carbonyl (C=O) groups is 2. The van der Waals surface area contributed by atoms with Crippen molar-refractivity contribution in [2.45, 2.75) is 6.92 Å². The number of carbonyl (C=O) groups excluding carboxylic acids is 1. The number of carboxylic acid groups (broad SMARTS) is 1. The highest BCUT2D eigenvalue weighted by molar-refractivity contribution is 6.02. The summed E-state index contributed by atoms with van der Waals surface area (Å²) in [7, 11) is 1.22. The van der Waals surface area contributed by atoms with E-state index in [4.69, 9.17) is 5.11 Å². The lowest BCUT2D eigenvalue weighted by molar-refractivity contribution is 0.0582. The van der Waals surface area contributed by atoms with Crippen LogP contribution in [0.2, 0.25) is 0 Å². The van der Waals surface area contributed by atoms with Crippen LogP contribution in [0, 0.1) is 6.92 Å². The second-order valence-electron chi connectivity index (χ2n) is 2.85. The molecular formula is C10H10O4. The first-order valence-corrected chi connectivity index (χ1v) is 3.98. The minimum absolute atomic E-state index is 0.0307.